The zero-order valence-corrected chi connectivity index (χ0v) is 22.1. The fourth-order valence-corrected chi connectivity index (χ4v) is 11.4. The van der Waals surface area contributed by atoms with Crippen LogP contribution in [0.3, 0.4) is 0 Å². The van der Waals surface area contributed by atoms with E-state index in [9.17, 15) is 5.11 Å². The van der Waals surface area contributed by atoms with Gasteiger partial charge in [-0.1, -0.05) is 55.4 Å². The van der Waals surface area contributed by atoms with Crippen LogP contribution in [0.1, 0.15) is 126 Å². The molecule has 0 bridgehead atoms. The normalized spacial score (nSPS) is 60.9. The molecule has 31 heavy (non-hydrogen) atoms. The molecule has 0 aromatic heterocycles. The summed E-state index contributed by atoms with van der Waals surface area (Å²) in [6, 6.07) is 0. The Bertz CT molecular complexity index is 741. The quantitative estimate of drug-likeness (QED) is 0.412. The van der Waals surface area contributed by atoms with Gasteiger partial charge in [-0.15, -0.1) is 0 Å². The molecular formula is C30H52O. The molecule has 5 rings (SSSR count). The lowest BCUT2D eigenvalue weighted by atomic mass is 9.30. The van der Waals surface area contributed by atoms with Gasteiger partial charge < -0.3 is 5.11 Å². The van der Waals surface area contributed by atoms with E-state index < -0.39 is 0 Å². The highest BCUT2D eigenvalue weighted by molar-refractivity contribution is 5.19. The first kappa shape index (κ1) is 22.7. The Hall–Kier alpha value is -0.0400. The van der Waals surface area contributed by atoms with Crippen LogP contribution in [0.25, 0.3) is 0 Å². The van der Waals surface area contributed by atoms with Gasteiger partial charge in [-0.2, -0.15) is 0 Å². The van der Waals surface area contributed by atoms with E-state index in [0.717, 1.165) is 24.2 Å². The fraction of sp³-hybridized carbons (Fsp3) is 1.00. The number of fused-ring (bicyclic) bond motifs is 7. The summed E-state index contributed by atoms with van der Waals surface area (Å²) in [5.41, 5.74) is 2.88. The van der Waals surface area contributed by atoms with Gasteiger partial charge in [0.05, 0.1) is 6.10 Å². The van der Waals surface area contributed by atoms with Gasteiger partial charge in [0.2, 0.25) is 0 Å². The van der Waals surface area contributed by atoms with E-state index in [1.807, 2.05) is 0 Å². The van der Waals surface area contributed by atoms with Crippen LogP contribution < -0.4 is 0 Å². The summed E-state index contributed by atoms with van der Waals surface area (Å²) >= 11 is 0. The molecule has 0 spiro atoms. The molecule has 1 heteroatoms. The predicted molar refractivity (Wildman–Crippen MR) is 131 cm³/mol. The van der Waals surface area contributed by atoms with E-state index in [4.69, 9.17) is 0 Å². The second-order valence-electron chi connectivity index (χ2n) is 15.5. The van der Waals surface area contributed by atoms with Crippen LogP contribution in [0.2, 0.25) is 0 Å². The van der Waals surface area contributed by atoms with Gasteiger partial charge >= 0.3 is 0 Å². The Morgan fingerprint density at radius 1 is 0.581 bits per heavy atom. The maximum atomic E-state index is 10.7. The van der Waals surface area contributed by atoms with Crippen molar-refractivity contribution in [2.24, 2.45) is 56.2 Å². The van der Waals surface area contributed by atoms with Crippen molar-refractivity contribution >= 4 is 0 Å². The molecule has 1 N–H and O–H groups in total. The van der Waals surface area contributed by atoms with Crippen molar-refractivity contribution in [3.8, 4) is 0 Å². The summed E-state index contributed by atoms with van der Waals surface area (Å²) in [6.07, 6.45) is 15.1. The molecule has 0 amide bonds. The van der Waals surface area contributed by atoms with E-state index in [2.05, 4.69) is 55.4 Å². The first-order valence-corrected chi connectivity index (χ1v) is 13.9. The zero-order valence-electron chi connectivity index (χ0n) is 22.1. The first-order valence-electron chi connectivity index (χ1n) is 13.9. The van der Waals surface area contributed by atoms with Crippen LogP contribution in [-0.4, -0.2) is 11.2 Å². The standard InChI is InChI=1S/C30H52O/c1-20-21(31)9-10-22-27(20,5)12-11-23-28(22,6)16-18-30(8)24-19-25(2,3)13-14-26(24,4)15-17-29(23,30)7/h20-24,31H,9-19H2,1-8H3/t20-,21+,22+,23+,24-,26+,27+,28-,29-,30-/m0/s1. The van der Waals surface area contributed by atoms with Crippen LogP contribution in [0.5, 0.6) is 0 Å². The van der Waals surface area contributed by atoms with Gasteiger partial charge in [-0.05, 0) is 127 Å². The highest BCUT2D eigenvalue weighted by Crippen LogP contribution is 2.78. The second kappa shape index (κ2) is 6.55. The van der Waals surface area contributed by atoms with Gasteiger partial charge in [0.1, 0.15) is 0 Å². The van der Waals surface area contributed by atoms with E-state index in [0.29, 0.717) is 38.4 Å². The highest BCUT2D eigenvalue weighted by atomic mass is 16.3. The molecule has 0 saturated heterocycles. The van der Waals surface area contributed by atoms with Gasteiger partial charge in [0, 0.05) is 0 Å². The smallest absolute Gasteiger partial charge is 0.0571 e. The van der Waals surface area contributed by atoms with Crippen molar-refractivity contribution < 1.29 is 5.11 Å². The minimum atomic E-state index is -0.0781. The van der Waals surface area contributed by atoms with Crippen LogP contribution in [0.15, 0.2) is 0 Å². The van der Waals surface area contributed by atoms with Crippen LogP contribution in [0.4, 0.5) is 0 Å². The molecule has 5 aliphatic carbocycles. The van der Waals surface area contributed by atoms with Crippen molar-refractivity contribution in [3.05, 3.63) is 0 Å². The molecule has 0 aromatic carbocycles. The Morgan fingerprint density at radius 2 is 1.19 bits per heavy atom. The SMILES string of the molecule is C[C@H]1[C@H](O)CC[C@H]2[C@]3(C)CC[C@@]4(C)[C@H]5CC(C)(C)CC[C@]5(C)CC[C@@]4(C)[C@@H]3CC[C@@]21C. The lowest BCUT2D eigenvalue weighted by Crippen LogP contribution is -2.67. The first-order chi connectivity index (χ1) is 14.2. The highest BCUT2D eigenvalue weighted by Gasteiger charge is 2.70. The Morgan fingerprint density at radius 3 is 1.90 bits per heavy atom. The van der Waals surface area contributed by atoms with Crippen molar-refractivity contribution in [2.75, 3.05) is 0 Å². The van der Waals surface area contributed by atoms with Gasteiger partial charge in [0.15, 0.2) is 0 Å². The summed E-state index contributed by atoms with van der Waals surface area (Å²) in [6.45, 7) is 20.9. The third kappa shape index (κ3) is 2.77. The zero-order chi connectivity index (χ0) is 22.7. The third-order valence-corrected chi connectivity index (χ3v) is 13.9. The lowest BCUT2D eigenvalue weighted by molar-refractivity contribution is -0.263. The fourth-order valence-electron chi connectivity index (χ4n) is 11.4. The minimum absolute atomic E-state index is 0.0781. The number of aliphatic hydroxyl groups excluding tert-OH is 1. The molecule has 0 aromatic rings. The van der Waals surface area contributed by atoms with Crippen molar-refractivity contribution in [1.29, 1.82) is 0 Å². The van der Waals surface area contributed by atoms with Gasteiger partial charge in [-0.3, -0.25) is 0 Å². The number of hydrogen-bond acceptors (Lipinski definition) is 1. The second-order valence-corrected chi connectivity index (χ2v) is 15.5. The number of hydrogen-bond donors (Lipinski definition) is 1. The largest absolute Gasteiger partial charge is 0.393 e. The Kier molecular flexibility index (Phi) is 4.80. The molecule has 5 fully saturated rings. The molecule has 0 unspecified atom stereocenters. The predicted octanol–water partition coefficient (Wildman–Crippen LogP) is 8.25. The van der Waals surface area contributed by atoms with E-state index in [1.54, 1.807) is 0 Å². The molecule has 1 nitrogen and oxygen atoms in total. The average Bonchev–Trinajstić information content (AvgIpc) is 2.69. The molecular weight excluding hydrogens is 376 g/mol. The van der Waals surface area contributed by atoms with Crippen molar-refractivity contribution in [3.63, 3.8) is 0 Å². The molecule has 178 valence electrons. The van der Waals surface area contributed by atoms with E-state index >= 15 is 0 Å². The number of aliphatic hydroxyl groups is 1. The topological polar surface area (TPSA) is 20.2 Å². The van der Waals surface area contributed by atoms with Crippen molar-refractivity contribution in [1.82, 2.24) is 0 Å². The Balaban J connectivity index is 1.54. The van der Waals surface area contributed by atoms with E-state index in [1.165, 1.54) is 64.2 Å². The molecule has 10 atom stereocenters. The van der Waals surface area contributed by atoms with E-state index in [-0.39, 0.29) is 6.10 Å². The summed E-state index contributed by atoms with van der Waals surface area (Å²) in [5.74, 6) is 3.02. The van der Waals surface area contributed by atoms with Crippen molar-refractivity contribution in [2.45, 2.75) is 132 Å². The molecule has 0 heterocycles. The summed E-state index contributed by atoms with van der Waals surface area (Å²) < 4.78 is 0. The molecule has 5 saturated carbocycles. The summed E-state index contributed by atoms with van der Waals surface area (Å²) in [5, 5.41) is 10.7. The minimum Gasteiger partial charge on any atom is -0.393 e. The Labute approximate surface area is 193 Å². The average molecular weight is 429 g/mol. The summed E-state index contributed by atoms with van der Waals surface area (Å²) in [7, 11) is 0. The molecule has 0 radical (unpaired) electrons. The monoisotopic (exact) mass is 428 g/mol. The summed E-state index contributed by atoms with van der Waals surface area (Å²) in [4.78, 5) is 0. The number of rotatable bonds is 0. The van der Waals surface area contributed by atoms with Gasteiger partial charge in [0.25, 0.3) is 0 Å². The molecule has 0 aliphatic heterocycles. The lowest BCUT2D eigenvalue weighted by Gasteiger charge is -2.75. The van der Waals surface area contributed by atoms with Crippen LogP contribution >= 0.6 is 0 Å². The van der Waals surface area contributed by atoms with Gasteiger partial charge in [-0.25, -0.2) is 0 Å². The molecule has 5 aliphatic rings. The van der Waals surface area contributed by atoms with Crippen LogP contribution in [0, 0.1) is 56.2 Å². The maximum absolute atomic E-state index is 10.7. The third-order valence-electron chi connectivity index (χ3n) is 13.9. The maximum Gasteiger partial charge on any atom is 0.0571 e. The van der Waals surface area contributed by atoms with Crippen LogP contribution in [-0.2, 0) is 0 Å².